The van der Waals surface area contributed by atoms with Gasteiger partial charge in [-0.1, -0.05) is 40.5 Å². The van der Waals surface area contributed by atoms with Crippen molar-refractivity contribution in [1.82, 2.24) is 10.2 Å². The smallest absolute Gasteiger partial charge is 0.0118 e. The first-order valence-corrected chi connectivity index (χ1v) is 7.82. The van der Waals surface area contributed by atoms with Crippen molar-refractivity contribution in [2.24, 2.45) is 11.3 Å². The molecule has 0 aliphatic heterocycles. The maximum absolute atomic E-state index is 3.58. The van der Waals surface area contributed by atoms with Gasteiger partial charge in [0.1, 0.15) is 0 Å². The van der Waals surface area contributed by atoms with Crippen molar-refractivity contribution < 1.29 is 0 Å². The average Bonchev–Trinajstić information content (AvgIpc) is 2.29. The molecule has 1 aliphatic carbocycles. The summed E-state index contributed by atoms with van der Waals surface area (Å²) in [5.41, 5.74) is 0.335. The minimum Gasteiger partial charge on any atom is -0.314 e. The Morgan fingerprint density at radius 1 is 1.28 bits per heavy atom. The molecule has 0 aromatic carbocycles. The van der Waals surface area contributed by atoms with Gasteiger partial charge >= 0.3 is 0 Å². The van der Waals surface area contributed by atoms with E-state index in [0.29, 0.717) is 11.5 Å². The van der Waals surface area contributed by atoms with Gasteiger partial charge < -0.3 is 10.2 Å². The Hall–Kier alpha value is -0.0800. The highest BCUT2D eigenvalue weighted by atomic mass is 15.1. The fourth-order valence-corrected chi connectivity index (χ4v) is 3.43. The van der Waals surface area contributed by atoms with Crippen molar-refractivity contribution in [3.8, 4) is 0 Å². The second-order valence-electron chi connectivity index (χ2n) is 7.01. The lowest BCUT2D eigenvalue weighted by Crippen LogP contribution is -2.49. The Morgan fingerprint density at radius 2 is 1.89 bits per heavy atom. The molecule has 0 heterocycles. The van der Waals surface area contributed by atoms with Gasteiger partial charge in [0.25, 0.3) is 0 Å². The zero-order valence-corrected chi connectivity index (χ0v) is 13.4. The highest BCUT2D eigenvalue weighted by molar-refractivity contribution is 4.87. The van der Waals surface area contributed by atoms with Crippen molar-refractivity contribution in [2.75, 3.05) is 20.1 Å². The van der Waals surface area contributed by atoms with Crippen molar-refractivity contribution in [3.63, 3.8) is 0 Å². The summed E-state index contributed by atoms with van der Waals surface area (Å²) in [7, 11) is 2.33. The third-order valence-corrected chi connectivity index (χ3v) is 4.97. The molecule has 1 N–H and O–H groups in total. The van der Waals surface area contributed by atoms with E-state index in [1.807, 2.05) is 0 Å². The summed E-state index contributed by atoms with van der Waals surface area (Å²) in [5, 5.41) is 3.58. The number of nitrogens with one attached hydrogen (secondary N) is 1. The Kier molecular flexibility index (Phi) is 6.13. The molecule has 0 radical (unpaired) electrons. The molecule has 3 atom stereocenters. The number of hydrogen-bond acceptors (Lipinski definition) is 2. The largest absolute Gasteiger partial charge is 0.314 e. The van der Waals surface area contributed by atoms with Gasteiger partial charge in [-0.25, -0.2) is 0 Å². The average molecular weight is 254 g/mol. The van der Waals surface area contributed by atoms with Crippen LogP contribution in [0.4, 0.5) is 0 Å². The Morgan fingerprint density at radius 3 is 2.44 bits per heavy atom. The van der Waals surface area contributed by atoms with Gasteiger partial charge in [-0.2, -0.15) is 0 Å². The predicted molar refractivity (Wildman–Crippen MR) is 81.0 cm³/mol. The van der Waals surface area contributed by atoms with E-state index in [9.17, 15) is 0 Å². The Bertz CT molecular complexity index is 237. The van der Waals surface area contributed by atoms with Crippen LogP contribution >= 0.6 is 0 Å². The van der Waals surface area contributed by atoms with Crippen LogP contribution in [0.25, 0.3) is 0 Å². The summed E-state index contributed by atoms with van der Waals surface area (Å²) >= 11 is 0. The predicted octanol–water partition coefficient (Wildman–Crippen LogP) is 3.52. The Balaban J connectivity index is 2.53. The summed E-state index contributed by atoms with van der Waals surface area (Å²) in [6, 6.07) is 1.37. The molecule has 0 aromatic rings. The molecule has 18 heavy (non-hydrogen) atoms. The zero-order chi connectivity index (χ0) is 13.8. The summed E-state index contributed by atoms with van der Waals surface area (Å²) in [6.07, 6.45) is 5.66. The van der Waals surface area contributed by atoms with Gasteiger partial charge in [0.2, 0.25) is 0 Å². The lowest BCUT2D eigenvalue weighted by Gasteiger charge is -2.42. The fraction of sp³-hybridized carbons (Fsp3) is 1.00. The molecule has 2 heteroatoms. The van der Waals surface area contributed by atoms with E-state index in [2.05, 4.69) is 51.9 Å². The molecule has 3 unspecified atom stereocenters. The van der Waals surface area contributed by atoms with Crippen molar-refractivity contribution in [1.29, 1.82) is 0 Å². The SMILES string of the molecule is CCNC(C)C(C)(C)CN(C)C1CCCCC1C. The summed E-state index contributed by atoms with van der Waals surface area (Å²) in [5.74, 6) is 0.869. The van der Waals surface area contributed by atoms with Crippen molar-refractivity contribution in [2.45, 2.75) is 72.4 Å². The van der Waals surface area contributed by atoms with E-state index in [-0.39, 0.29) is 0 Å². The van der Waals surface area contributed by atoms with Crippen LogP contribution in [0.3, 0.4) is 0 Å². The lowest BCUT2D eigenvalue weighted by molar-refractivity contribution is 0.0825. The van der Waals surface area contributed by atoms with Gasteiger partial charge in [0.05, 0.1) is 0 Å². The zero-order valence-electron chi connectivity index (χ0n) is 13.4. The van der Waals surface area contributed by atoms with E-state index in [1.165, 1.54) is 32.2 Å². The van der Waals surface area contributed by atoms with Gasteiger partial charge in [0.15, 0.2) is 0 Å². The summed E-state index contributed by atoms with van der Waals surface area (Å²) in [6.45, 7) is 14.0. The number of rotatable bonds is 6. The molecular formula is C16H34N2. The van der Waals surface area contributed by atoms with Gasteiger partial charge in [-0.3, -0.25) is 0 Å². The van der Waals surface area contributed by atoms with Crippen LogP contribution in [0.1, 0.15) is 60.3 Å². The lowest BCUT2D eigenvalue weighted by atomic mass is 9.81. The fourth-order valence-electron chi connectivity index (χ4n) is 3.43. The third kappa shape index (κ3) is 4.24. The van der Waals surface area contributed by atoms with E-state index in [0.717, 1.165) is 18.5 Å². The van der Waals surface area contributed by atoms with Crippen molar-refractivity contribution >= 4 is 0 Å². The monoisotopic (exact) mass is 254 g/mol. The highest BCUT2D eigenvalue weighted by Gasteiger charge is 2.31. The van der Waals surface area contributed by atoms with E-state index in [4.69, 9.17) is 0 Å². The van der Waals surface area contributed by atoms with E-state index < -0.39 is 0 Å². The first-order valence-electron chi connectivity index (χ1n) is 7.82. The normalized spacial score (nSPS) is 27.5. The molecule has 1 fully saturated rings. The molecule has 0 spiro atoms. The van der Waals surface area contributed by atoms with Crippen LogP contribution in [0.15, 0.2) is 0 Å². The van der Waals surface area contributed by atoms with Crippen LogP contribution in [0, 0.1) is 11.3 Å². The number of nitrogens with zero attached hydrogens (tertiary/aromatic N) is 1. The van der Waals surface area contributed by atoms with Crippen LogP contribution in [0.5, 0.6) is 0 Å². The minimum absolute atomic E-state index is 0.335. The standard InChI is InChI=1S/C16H34N2/c1-7-17-14(3)16(4,5)12-18(6)15-11-9-8-10-13(15)2/h13-15,17H,7-12H2,1-6H3. The van der Waals surface area contributed by atoms with Crippen LogP contribution in [-0.4, -0.2) is 37.1 Å². The molecule has 1 aliphatic rings. The first kappa shape index (κ1) is 16.0. The quantitative estimate of drug-likeness (QED) is 0.780. The third-order valence-electron chi connectivity index (χ3n) is 4.97. The molecule has 0 aromatic heterocycles. The van der Waals surface area contributed by atoms with Crippen LogP contribution < -0.4 is 5.32 Å². The summed E-state index contributed by atoms with van der Waals surface area (Å²) in [4.78, 5) is 2.62. The van der Waals surface area contributed by atoms with Gasteiger partial charge in [-0.05, 0) is 44.7 Å². The molecule has 0 saturated heterocycles. The minimum atomic E-state index is 0.335. The number of hydrogen-bond donors (Lipinski definition) is 1. The van der Waals surface area contributed by atoms with Crippen LogP contribution in [-0.2, 0) is 0 Å². The van der Waals surface area contributed by atoms with Crippen LogP contribution in [0.2, 0.25) is 0 Å². The van der Waals surface area contributed by atoms with Gasteiger partial charge in [-0.15, -0.1) is 0 Å². The van der Waals surface area contributed by atoms with E-state index >= 15 is 0 Å². The van der Waals surface area contributed by atoms with Gasteiger partial charge in [0, 0.05) is 18.6 Å². The molecule has 2 nitrogen and oxygen atoms in total. The maximum Gasteiger partial charge on any atom is 0.0118 e. The second-order valence-corrected chi connectivity index (χ2v) is 7.01. The molecular weight excluding hydrogens is 220 g/mol. The topological polar surface area (TPSA) is 15.3 Å². The molecule has 1 saturated carbocycles. The Labute approximate surface area is 115 Å². The summed E-state index contributed by atoms with van der Waals surface area (Å²) < 4.78 is 0. The maximum atomic E-state index is 3.58. The molecule has 108 valence electrons. The van der Waals surface area contributed by atoms with E-state index in [1.54, 1.807) is 0 Å². The first-order chi connectivity index (χ1) is 8.38. The molecule has 0 amide bonds. The molecule has 0 bridgehead atoms. The second kappa shape index (κ2) is 6.91. The highest BCUT2D eigenvalue weighted by Crippen LogP contribution is 2.30. The van der Waals surface area contributed by atoms with Crippen molar-refractivity contribution in [3.05, 3.63) is 0 Å². The molecule has 1 rings (SSSR count).